The molecule has 0 aliphatic heterocycles. The summed E-state index contributed by atoms with van der Waals surface area (Å²) in [5.74, 6) is 0.651. The minimum Gasteiger partial charge on any atom is -0.493 e. The van der Waals surface area contributed by atoms with Crippen LogP contribution >= 0.6 is 0 Å². The molecule has 1 aromatic rings. The van der Waals surface area contributed by atoms with Gasteiger partial charge in [-0.15, -0.1) is 0 Å². The maximum absolute atomic E-state index is 11.9. The Morgan fingerprint density at radius 2 is 2.20 bits per heavy atom. The van der Waals surface area contributed by atoms with Crippen LogP contribution in [0, 0.1) is 6.92 Å². The number of aliphatic hydroxyl groups is 1. The van der Waals surface area contributed by atoms with E-state index in [4.69, 9.17) is 4.74 Å². The van der Waals surface area contributed by atoms with Gasteiger partial charge in [0.2, 0.25) is 0 Å². The highest BCUT2D eigenvalue weighted by molar-refractivity contribution is 5.38. The second-order valence-corrected chi connectivity index (χ2v) is 3.61. The Balaban J connectivity index is 2.77. The van der Waals surface area contributed by atoms with Gasteiger partial charge in [-0.25, -0.2) is 0 Å². The standard InChI is InChI=1S/C12H17FO2/c1-9-4-5-11(10(2)14)12(8-9)15-7-3-6-13/h4-5,8,10,14H,3,6-7H2,1-2H3. The van der Waals surface area contributed by atoms with Crippen LogP contribution in [0.1, 0.15) is 30.6 Å². The molecule has 0 amide bonds. The molecule has 1 unspecified atom stereocenters. The molecule has 0 radical (unpaired) electrons. The van der Waals surface area contributed by atoms with E-state index in [1.165, 1.54) is 0 Å². The van der Waals surface area contributed by atoms with Gasteiger partial charge in [-0.05, 0) is 25.5 Å². The van der Waals surface area contributed by atoms with Crippen molar-refractivity contribution in [3.05, 3.63) is 29.3 Å². The zero-order valence-electron chi connectivity index (χ0n) is 9.16. The fourth-order valence-electron chi connectivity index (χ4n) is 1.35. The Morgan fingerprint density at radius 3 is 2.80 bits per heavy atom. The highest BCUT2D eigenvalue weighted by Crippen LogP contribution is 2.26. The monoisotopic (exact) mass is 212 g/mol. The number of aryl methyl sites for hydroxylation is 1. The minimum absolute atomic E-state index is 0.347. The summed E-state index contributed by atoms with van der Waals surface area (Å²) in [6, 6.07) is 5.62. The summed E-state index contributed by atoms with van der Waals surface area (Å²) >= 11 is 0. The molecule has 1 rings (SSSR count). The van der Waals surface area contributed by atoms with E-state index in [9.17, 15) is 9.50 Å². The predicted octanol–water partition coefficient (Wildman–Crippen LogP) is 2.79. The first-order valence-corrected chi connectivity index (χ1v) is 5.12. The zero-order chi connectivity index (χ0) is 11.3. The summed E-state index contributed by atoms with van der Waals surface area (Å²) < 4.78 is 17.3. The van der Waals surface area contributed by atoms with Crippen LogP contribution in [0.5, 0.6) is 5.75 Å². The molecule has 0 aliphatic carbocycles. The summed E-state index contributed by atoms with van der Waals surface area (Å²) in [6.07, 6.45) is -0.182. The molecule has 3 heteroatoms. The first kappa shape index (κ1) is 12.0. The van der Waals surface area contributed by atoms with E-state index in [0.717, 1.165) is 11.1 Å². The highest BCUT2D eigenvalue weighted by Gasteiger charge is 2.08. The van der Waals surface area contributed by atoms with Crippen molar-refractivity contribution in [2.75, 3.05) is 13.3 Å². The van der Waals surface area contributed by atoms with Gasteiger partial charge in [0.25, 0.3) is 0 Å². The van der Waals surface area contributed by atoms with Gasteiger partial charge in [0.1, 0.15) is 5.75 Å². The maximum atomic E-state index is 11.9. The first-order valence-electron chi connectivity index (χ1n) is 5.12. The molecule has 84 valence electrons. The van der Waals surface area contributed by atoms with E-state index in [-0.39, 0.29) is 6.67 Å². The SMILES string of the molecule is Cc1ccc(C(C)O)c(OCCCF)c1. The molecule has 2 nitrogen and oxygen atoms in total. The van der Waals surface area contributed by atoms with Crippen molar-refractivity contribution in [1.82, 2.24) is 0 Å². The second kappa shape index (κ2) is 5.71. The zero-order valence-corrected chi connectivity index (χ0v) is 9.16. The molecule has 0 spiro atoms. The van der Waals surface area contributed by atoms with Gasteiger partial charge in [-0.3, -0.25) is 4.39 Å². The van der Waals surface area contributed by atoms with E-state index in [1.54, 1.807) is 6.92 Å². The second-order valence-electron chi connectivity index (χ2n) is 3.61. The first-order chi connectivity index (χ1) is 7.15. The molecule has 0 saturated carbocycles. The number of ether oxygens (including phenoxy) is 1. The average Bonchev–Trinajstić information content (AvgIpc) is 2.18. The largest absolute Gasteiger partial charge is 0.493 e. The summed E-state index contributed by atoms with van der Waals surface area (Å²) in [7, 11) is 0. The van der Waals surface area contributed by atoms with Gasteiger partial charge in [-0.2, -0.15) is 0 Å². The molecule has 1 atom stereocenters. The molecule has 0 fully saturated rings. The molecule has 15 heavy (non-hydrogen) atoms. The molecule has 0 aromatic heterocycles. The Kier molecular flexibility index (Phi) is 4.56. The van der Waals surface area contributed by atoms with Crippen molar-refractivity contribution < 1.29 is 14.2 Å². The van der Waals surface area contributed by atoms with Crippen molar-refractivity contribution in [2.45, 2.75) is 26.4 Å². The van der Waals surface area contributed by atoms with Crippen molar-refractivity contribution >= 4 is 0 Å². The number of aliphatic hydroxyl groups excluding tert-OH is 1. The van der Waals surface area contributed by atoms with Crippen LogP contribution in [0.15, 0.2) is 18.2 Å². The van der Waals surface area contributed by atoms with E-state index in [2.05, 4.69) is 0 Å². The number of benzene rings is 1. The van der Waals surface area contributed by atoms with Crippen molar-refractivity contribution in [3.63, 3.8) is 0 Å². The molecule has 0 aliphatic rings. The fraction of sp³-hybridized carbons (Fsp3) is 0.500. The third kappa shape index (κ3) is 3.51. The van der Waals surface area contributed by atoms with E-state index < -0.39 is 6.10 Å². The van der Waals surface area contributed by atoms with Crippen molar-refractivity contribution in [2.24, 2.45) is 0 Å². The van der Waals surface area contributed by atoms with E-state index >= 15 is 0 Å². The van der Waals surface area contributed by atoms with E-state index in [1.807, 2.05) is 25.1 Å². The van der Waals surface area contributed by atoms with Gasteiger partial charge in [0.15, 0.2) is 0 Å². The number of hydrogen-bond donors (Lipinski definition) is 1. The lowest BCUT2D eigenvalue weighted by molar-refractivity contribution is 0.190. The normalized spacial score (nSPS) is 12.5. The van der Waals surface area contributed by atoms with Crippen LogP contribution < -0.4 is 4.74 Å². The number of hydrogen-bond acceptors (Lipinski definition) is 2. The third-order valence-electron chi connectivity index (χ3n) is 2.15. The Morgan fingerprint density at radius 1 is 1.47 bits per heavy atom. The Labute approximate surface area is 89.7 Å². The summed E-state index contributed by atoms with van der Waals surface area (Å²) in [5, 5.41) is 9.50. The summed E-state index contributed by atoms with van der Waals surface area (Å²) in [6.45, 7) is 3.61. The topological polar surface area (TPSA) is 29.5 Å². The lowest BCUT2D eigenvalue weighted by atomic mass is 10.1. The average molecular weight is 212 g/mol. The quantitative estimate of drug-likeness (QED) is 0.760. The molecule has 1 N–H and O–H groups in total. The fourth-order valence-corrected chi connectivity index (χ4v) is 1.35. The highest BCUT2D eigenvalue weighted by atomic mass is 19.1. The predicted molar refractivity (Wildman–Crippen MR) is 57.9 cm³/mol. The third-order valence-corrected chi connectivity index (χ3v) is 2.15. The van der Waals surface area contributed by atoms with E-state index in [0.29, 0.717) is 18.8 Å². The van der Waals surface area contributed by atoms with Gasteiger partial charge in [0, 0.05) is 12.0 Å². The number of rotatable bonds is 5. The number of alkyl halides is 1. The van der Waals surface area contributed by atoms with Crippen LogP contribution in [-0.2, 0) is 0 Å². The Bertz CT molecular complexity index is 310. The van der Waals surface area contributed by atoms with Crippen LogP contribution in [0.3, 0.4) is 0 Å². The molecule has 0 heterocycles. The van der Waals surface area contributed by atoms with Crippen molar-refractivity contribution in [1.29, 1.82) is 0 Å². The van der Waals surface area contributed by atoms with Gasteiger partial charge in [-0.1, -0.05) is 12.1 Å². The van der Waals surface area contributed by atoms with Crippen LogP contribution in [0.4, 0.5) is 4.39 Å². The molecule has 0 saturated heterocycles. The molecular formula is C12H17FO2. The minimum atomic E-state index is -0.564. The van der Waals surface area contributed by atoms with Gasteiger partial charge < -0.3 is 9.84 Å². The number of halogens is 1. The lowest BCUT2D eigenvalue weighted by Gasteiger charge is -2.13. The summed E-state index contributed by atoms with van der Waals surface area (Å²) in [4.78, 5) is 0. The molecular weight excluding hydrogens is 195 g/mol. The summed E-state index contributed by atoms with van der Waals surface area (Å²) in [5.41, 5.74) is 1.81. The molecule has 0 bridgehead atoms. The lowest BCUT2D eigenvalue weighted by Crippen LogP contribution is -2.03. The van der Waals surface area contributed by atoms with Crippen LogP contribution in [-0.4, -0.2) is 18.4 Å². The van der Waals surface area contributed by atoms with Gasteiger partial charge in [0.05, 0.1) is 19.4 Å². The van der Waals surface area contributed by atoms with Crippen molar-refractivity contribution in [3.8, 4) is 5.75 Å². The van der Waals surface area contributed by atoms with Crippen LogP contribution in [0.2, 0.25) is 0 Å². The van der Waals surface area contributed by atoms with Crippen LogP contribution in [0.25, 0.3) is 0 Å². The maximum Gasteiger partial charge on any atom is 0.125 e. The van der Waals surface area contributed by atoms with Gasteiger partial charge >= 0.3 is 0 Å². The Hall–Kier alpha value is -1.09. The smallest absolute Gasteiger partial charge is 0.125 e. The molecule has 1 aromatic carbocycles.